The van der Waals surface area contributed by atoms with Crippen molar-refractivity contribution in [2.45, 2.75) is 13.3 Å². The van der Waals surface area contributed by atoms with E-state index in [0.29, 0.717) is 17.9 Å². The minimum atomic E-state index is -0.395. The lowest BCUT2D eigenvalue weighted by molar-refractivity contribution is -0.115. The first-order chi connectivity index (χ1) is 12.2. The maximum Gasteiger partial charge on any atom is 0.338 e. The zero-order valence-corrected chi connectivity index (χ0v) is 14.0. The fourth-order valence-corrected chi connectivity index (χ4v) is 2.68. The van der Waals surface area contributed by atoms with Crippen molar-refractivity contribution in [3.05, 3.63) is 77.9 Å². The Hall–Kier alpha value is -3.14. The van der Waals surface area contributed by atoms with Gasteiger partial charge in [0.05, 0.1) is 18.6 Å². The van der Waals surface area contributed by atoms with Crippen LogP contribution in [0.25, 0.3) is 10.8 Å². The summed E-state index contributed by atoms with van der Waals surface area (Å²) < 4.78 is 4.97. The molecule has 0 fully saturated rings. The van der Waals surface area contributed by atoms with Crippen molar-refractivity contribution < 1.29 is 14.3 Å². The molecule has 126 valence electrons. The lowest BCUT2D eigenvalue weighted by atomic mass is 10.0. The van der Waals surface area contributed by atoms with Gasteiger partial charge in [0.15, 0.2) is 0 Å². The summed E-state index contributed by atoms with van der Waals surface area (Å²) in [5.41, 5.74) is 1.94. The lowest BCUT2D eigenvalue weighted by Crippen LogP contribution is -2.15. The topological polar surface area (TPSA) is 55.4 Å². The summed E-state index contributed by atoms with van der Waals surface area (Å²) in [6.45, 7) is 2.07. The summed E-state index contributed by atoms with van der Waals surface area (Å²) in [4.78, 5) is 24.1. The predicted molar refractivity (Wildman–Crippen MR) is 98.7 cm³/mol. The molecule has 1 amide bonds. The average Bonchev–Trinajstić information content (AvgIpc) is 2.62. The van der Waals surface area contributed by atoms with E-state index >= 15 is 0 Å². The van der Waals surface area contributed by atoms with Crippen LogP contribution in [0.4, 0.5) is 5.69 Å². The van der Waals surface area contributed by atoms with Crippen molar-refractivity contribution in [1.82, 2.24) is 0 Å². The molecule has 0 aliphatic heterocycles. The van der Waals surface area contributed by atoms with Gasteiger partial charge in [0, 0.05) is 5.69 Å². The number of hydrogen-bond donors (Lipinski definition) is 1. The minimum Gasteiger partial charge on any atom is -0.462 e. The van der Waals surface area contributed by atoms with Crippen LogP contribution in [0.3, 0.4) is 0 Å². The molecular formula is C21H19NO3. The van der Waals surface area contributed by atoms with Gasteiger partial charge >= 0.3 is 5.97 Å². The summed E-state index contributed by atoms with van der Waals surface area (Å²) in [5, 5.41) is 5.08. The first-order valence-electron chi connectivity index (χ1n) is 8.20. The largest absolute Gasteiger partial charge is 0.462 e. The van der Waals surface area contributed by atoms with Crippen LogP contribution in [-0.2, 0) is 16.0 Å². The van der Waals surface area contributed by atoms with E-state index in [9.17, 15) is 9.59 Å². The molecule has 0 spiro atoms. The van der Waals surface area contributed by atoms with Crippen LogP contribution >= 0.6 is 0 Å². The molecule has 0 aromatic heterocycles. The Morgan fingerprint density at radius 2 is 1.72 bits per heavy atom. The van der Waals surface area contributed by atoms with Gasteiger partial charge in [-0.15, -0.1) is 0 Å². The van der Waals surface area contributed by atoms with E-state index in [1.807, 2.05) is 42.5 Å². The normalized spacial score (nSPS) is 10.4. The number of amides is 1. The van der Waals surface area contributed by atoms with Gasteiger partial charge in [-0.25, -0.2) is 4.79 Å². The average molecular weight is 333 g/mol. The Labute approximate surface area is 146 Å². The molecule has 4 heteroatoms. The third-order valence-electron chi connectivity index (χ3n) is 3.84. The van der Waals surface area contributed by atoms with Crippen molar-refractivity contribution in [2.24, 2.45) is 0 Å². The molecular weight excluding hydrogens is 314 g/mol. The Bertz CT molecular complexity index is 918. The molecule has 1 N–H and O–H groups in total. The van der Waals surface area contributed by atoms with Gasteiger partial charge in [0.1, 0.15) is 0 Å². The van der Waals surface area contributed by atoms with Crippen LogP contribution in [0.2, 0.25) is 0 Å². The predicted octanol–water partition coefficient (Wildman–Crippen LogP) is 4.20. The summed E-state index contributed by atoms with van der Waals surface area (Å²) in [6.07, 6.45) is 0.272. The summed E-state index contributed by atoms with van der Waals surface area (Å²) in [6, 6.07) is 20.8. The van der Waals surface area contributed by atoms with Crippen molar-refractivity contribution in [3.63, 3.8) is 0 Å². The van der Waals surface area contributed by atoms with E-state index < -0.39 is 5.97 Å². The van der Waals surface area contributed by atoms with Crippen LogP contribution in [0.5, 0.6) is 0 Å². The first-order valence-corrected chi connectivity index (χ1v) is 8.20. The molecule has 0 saturated heterocycles. The second-order valence-corrected chi connectivity index (χ2v) is 5.71. The van der Waals surface area contributed by atoms with Crippen LogP contribution in [0.15, 0.2) is 66.7 Å². The van der Waals surface area contributed by atoms with Gasteiger partial charge in [-0.2, -0.15) is 0 Å². The number of esters is 1. The Morgan fingerprint density at radius 1 is 0.920 bits per heavy atom. The van der Waals surface area contributed by atoms with Gasteiger partial charge < -0.3 is 10.1 Å². The monoisotopic (exact) mass is 333 g/mol. The number of fused-ring (bicyclic) bond motifs is 1. The first kappa shape index (κ1) is 16.7. The summed E-state index contributed by atoms with van der Waals surface area (Å²) >= 11 is 0. The highest BCUT2D eigenvalue weighted by Crippen LogP contribution is 2.17. The number of hydrogen-bond acceptors (Lipinski definition) is 3. The maximum atomic E-state index is 12.3. The fourth-order valence-electron chi connectivity index (χ4n) is 2.68. The Morgan fingerprint density at radius 3 is 2.52 bits per heavy atom. The van der Waals surface area contributed by atoms with Crippen molar-refractivity contribution in [3.8, 4) is 0 Å². The third-order valence-corrected chi connectivity index (χ3v) is 3.84. The van der Waals surface area contributed by atoms with Gasteiger partial charge in [-0.3, -0.25) is 4.79 Å². The van der Waals surface area contributed by atoms with E-state index in [-0.39, 0.29) is 12.3 Å². The number of carbonyl (C=O) groups is 2. The number of benzene rings is 3. The lowest BCUT2D eigenvalue weighted by Gasteiger charge is -2.08. The zero-order chi connectivity index (χ0) is 17.6. The van der Waals surface area contributed by atoms with Crippen LogP contribution in [0, 0.1) is 0 Å². The van der Waals surface area contributed by atoms with E-state index in [0.717, 1.165) is 16.3 Å². The molecule has 0 atom stereocenters. The summed E-state index contributed by atoms with van der Waals surface area (Å²) in [7, 11) is 0. The number of nitrogens with one attached hydrogen (secondary N) is 1. The number of rotatable bonds is 5. The van der Waals surface area contributed by atoms with Gasteiger partial charge in [0.2, 0.25) is 5.91 Å². The second-order valence-electron chi connectivity index (χ2n) is 5.71. The molecule has 3 aromatic rings. The van der Waals surface area contributed by atoms with E-state index in [2.05, 4.69) is 5.32 Å². The quantitative estimate of drug-likeness (QED) is 0.712. The van der Waals surface area contributed by atoms with Gasteiger partial charge in [0.25, 0.3) is 0 Å². The van der Waals surface area contributed by atoms with Crippen LogP contribution in [0.1, 0.15) is 22.8 Å². The molecule has 3 rings (SSSR count). The molecule has 0 bridgehead atoms. The van der Waals surface area contributed by atoms with Crippen molar-refractivity contribution >= 4 is 28.3 Å². The molecule has 4 nitrogen and oxygen atoms in total. The van der Waals surface area contributed by atoms with Gasteiger partial charge in [-0.05, 0) is 41.5 Å². The highest BCUT2D eigenvalue weighted by atomic mass is 16.5. The smallest absolute Gasteiger partial charge is 0.338 e. The zero-order valence-electron chi connectivity index (χ0n) is 14.0. The maximum absolute atomic E-state index is 12.3. The molecule has 0 aliphatic rings. The Kier molecular flexibility index (Phi) is 5.09. The number of ether oxygens (including phenoxy) is 1. The van der Waals surface area contributed by atoms with Crippen LogP contribution in [-0.4, -0.2) is 18.5 Å². The van der Waals surface area contributed by atoms with E-state index in [1.165, 1.54) is 0 Å². The summed E-state index contributed by atoms with van der Waals surface area (Å²) in [5.74, 6) is -0.524. The molecule has 25 heavy (non-hydrogen) atoms. The van der Waals surface area contributed by atoms with Crippen LogP contribution < -0.4 is 5.32 Å². The highest BCUT2D eigenvalue weighted by Gasteiger charge is 2.09. The van der Waals surface area contributed by atoms with E-state index in [1.54, 1.807) is 31.2 Å². The van der Waals surface area contributed by atoms with E-state index in [4.69, 9.17) is 4.74 Å². The fraction of sp³-hybridized carbons (Fsp3) is 0.143. The molecule has 0 unspecified atom stereocenters. The minimum absolute atomic E-state index is 0.128. The Balaban J connectivity index is 1.69. The molecule has 0 aliphatic carbocycles. The molecule has 0 saturated carbocycles. The number of anilines is 1. The third kappa shape index (κ3) is 4.23. The SMILES string of the molecule is CCOC(=O)c1cccc(NC(=O)Cc2ccc3ccccc3c2)c1. The van der Waals surface area contributed by atoms with Gasteiger partial charge in [-0.1, -0.05) is 48.5 Å². The van der Waals surface area contributed by atoms with Crippen molar-refractivity contribution in [1.29, 1.82) is 0 Å². The molecule has 0 radical (unpaired) electrons. The number of carbonyl (C=O) groups excluding carboxylic acids is 2. The van der Waals surface area contributed by atoms with Crippen molar-refractivity contribution in [2.75, 3.05) is 11.9 Å². The molecule has 3 aromatic carbocycles. The molecule has 0 heterocycles. The standard InChI is InChI=1S/C21H19NO3/c1-2-25-21(24)18-8-5-9-19(14-18)22-20(23)13-15-10-11-16-6-3-4-7-17(16)12-15/h3-12,14H,2,13H2,1H3,(H,22,23). The highest BCUT2D eigenvalue weighted by molar-refractivity contribution is 5.95. The second kappa shape index (κ2) is 7.62.